The molecule has 0 aliphatic heterocycles. The SMILES string of the molecule is O=C(C#CC1=C(C#CC(=O)C23CC4CC(CC(C4)C2)C3)[C@H]2C=C[C@@H]1C2)C12CC3CC(CC(C3)C1)C2. The molecular formula is C33H36O2. The molecule has 10 bridgehead atoms. The molecule has 10 rings (SSSR count). The lowest BCUT2D eigenvalue weighted by Crippen LogP contribution is -2.49. The van der Waals surface area contributed by atoms with Crippen molar-refractivity contribution in [2.24, 2.45) is 58.2 Å². The predicted octanol–water partition coefficient (Wildman–Crippen LogP) is 6.07. The van der Waals surface area contributed by atoms with E-state index >= 15 is 0 Å². The van der Waals surface area contributed by atoms with Crippen LogP contribution in [0.25, 0.3) is 0 Å². The van der Waals surface area contributed by atoms with Gasteiger partial charge in [0.15, 0.2) is 0 Å². The van der Waals surface area contributed by atoms with Crippen LogP contribution in [0.15, 0.2) is 23.3 Å². The Balaban J connectivity index is 1.07. The number of hydrogen-bond donors (Lipinski definition) is 0. The molecule has 0 radical (unpaired) electrons. The number of carbonyl (C=O) groups excluding carboxylic acids is 2. The Morgan fingerprint density at radius 1 is 0.543 bits per heavy atom. The lowest BCUT2D eigenvalue weighted by atomic mass is 9.48. The number of Topliss-reactive ketones (excluding diaryl/α,β-unsaturated/α-hetero) is 2. The molecule has 8 saturated carbocycles. The van der Waals surface area contributed by atoms with Crippen molar-refractivity contribution >= 4 is 11.6 Å². The summed E-state index contributed by atoms with van der Waals surface area (Å²) in [6, 6.07) is 0. The summed E-state index contributed by atoms with van der Waals surface area (Å²) in [5, 5.41) is 0. The molecule has 0 saturated heterocycles. The van der Waals surface area contributed by atoms with Gasteiger partial charge in [0.1, 0.15) is 0 Å². The van der Waals surface area contributed by atoms with Crippen molar-refractivity contribution in [3.8, 4) is 23.7 Å². The molecule has 0 aromatic carbocycles. The lowest BCUT2D eigenvalue weighted by molar-refractivity contribution is -0.138. The monoisotopic (exact) mass is 464 g/mol. The molecule has 2 nitrogen and oxygen atoms in total. The third-order valence-corrected chi connectivity index (χ3v) is 11.8. The minimum atomic E-state index is -0.157. The molecule has 8 fully saturated rings. The number of ketones is 2. The third kappa shape index (κ3) is 3.18. The van der Waals surface area contributed by atoms with Crippen molar-refractivity contribution in [2.45, 2.75) is 83.5 Å². The first-order chi connectivity index (χ1) is 17.0. The van der Waals surface area contributed by atoms with Crippen LogP contribution in [0, 0.1) is 81.9 Å². The Morgan fingerprint density at radius 3 is 1.17 bits per heavy atom. The van der Waals surface area contributed by atoms with Crippen molar-refractivity contribution in [3.05, 3.63) is 23.3 Å². The van der Waals surface area contributed by atoms with E-state index in [1.54, 1.807) is 0 Å². The smallest absolute Gasteiger partial charge is 0.211 e. The zero-order valence-corrected chi connectivity index (χ0v) is 20.8. The summed E-state index contributed by atoms with van der Waals surface area (Å²) in [7, 11) is 0. The van der Waals surface area contributed by atoms with Gasteiger partial charge < -0.3 is 0 Å². The minimum Gasteiger partial charge on any atom is -0.284 e. The molecule has 0 heterocycles. The fourth-order valence-electron chi connectivity index (χ4n) is 11.1. The van der Waals surface area contributed by atoms with Crippen LogP contribution in [0.4, 0.5) is 0 Å². The Hall–Kier alpha value is -2.06. The number of allylic oxidation sites excluding steroid dienone is 4. The van der Waals surface area contributed by atoms with E-state index in [9.17, 15) is 9.59 Å². The van der Waals surface area contributed by atoms with Crippen molar-refractivity contribution in [1.29, 1.82) is 0 Å². The van der Waals surface area contributed by atoms with E-state index in [1.807, 2.05) is 0 Å². The molecule has 0 amide bonds. The van der Waals surface area contributed by atoms with Crippen molar-refractivity contribution < 1.29 is 9.59 Å². The Morgan fingerprint density at radius 2 is 0.857 bits per heavy atom. The van der Waals surface area contributed by atoms with Gasteiger partial charge in [0.25, 0.3) is 0 Å². The highest BCUT2D eigenvalue weighted by Crippen LogP contribution is 2.61. The van der Waals surface area contributed by atoms with Gasteiger partial charge in [-0.1, -0.05) is 24.0 Å². The average Bonchev–Trinajstić information content (AvgIpc) is 3.41. The van der Waals surface area contributed by atoms with E-state index in [1.165, 1.54) is 38.5 Å². The van der Waals surface area contributed by atoms with Gasteiger partial charge in [-0.2, -0.15) is 0 Å². The molecule has 10 aliphatic carbocycles. The standard InChI is InChI=1S/C33H36O2/c34-30(32-14-20-7-21(15-32)9-22(8-20)16-32)5-3-28-26-1-2-27(13-26)29(28)4-6-31(35)33-17-23-10-24(18-33)12-25(11-23)19-33/h1-2,20-27H,7-19H2/t20?,21?,22?,23?,24?,25?,26-,27+,32?,33?. The van der Waals surface area contributed by atoms with E-state index < -0.39 is 0 Å². The summed E-state index contributed by atoms with van der Waals surface area (Å²) in [5.41, 5.74) is 1.77. The summed E-state index contributed by atoms with van der Waals surface area (Å²) in [5.74, 6) is 18.6. The van der Waals surface area contributed by atoms with E-state index in [4.69, 9.17) is 0 Å². The van der Waals surface area contributed by atoms with Crippen molar-refractivity contribution in [3.63, 3.8) is 0 Å². The molecule has 2 heteroatoms. The van der Waals surface area contributed by atoms with Crippen LogP contribution < -0.4 is 0 Å². The predicted molar refractivity (Wildman–Crippen MR) is 135 cm³/mol. The normalized spacial score (nSPS) is 49.1. The van der Waals surface area contributed by atoms with Crippen LogP contribution >= 0.6 is 0 Å². The molecule has 2 atom stereocenters. The highest BCUT2D eigenvalue weighted by molar-refractivity contribution is 6.02. The van der Waals surface area contributed by atoms with Crippen LogP contribution in [0.1, 0.15) is 83.5 Å². The van der Waals surface area contributed by atoms with Gasteiger partial charge in [-0.25, -0.2) is 0 Å². The van der Waals surface area contributed by atoms with Crippen molar-refractivity contribution in [1.82, 2.24) is 0 Å². The van der Waals surface area contributed by atoms with E-state index in [0.29, 0.717) is 0 Å². The second-order valence-electron chi connectivity index (χ2n) is 14.2. The zero-order valence-electron chi connectivity index (χ0n) is 20.8. The molecule has 10 aliphatic rings. The maximum atomic E-state index is 13.5. The van der Waals surface area contributed by atoms with E-state index in [-0.39, 0.29) is 34.2 Å². The third-order valence-electron chi connectivity index (χ3n) is 11.8. The topological polar surface area (TPSA) is 34.1 Å². The minimum absolute atomic E-state index is 0.157. The van der Waals surface area contributed by atoms with E-state index in [2.05, 4.69) is 35.8 Å². The Labute approximate surface area is 209 Å². The van der Waals surface area contributed by atoms with Gasteiger partial charge >= 0.3 is 0 Å². The van der Waals surface area contributed by atoms with Gasteiger partial charge in [0.05, 0.1) is 0 Å². The largest absolute Gasteiger partial charge is 0.284 e. The maximum absolute atomic E-state index is 13.5. The summed E-state index contributed by atoms with van der Waals surface area (Å²) in [4.78, 5) is 27.0. The van der Waals surface area contributed by atoms with Crippen LogP contribution in [0.2, 0.25) is 0 Å². The van der Waals surface area contributed by atoms with Gasteiger partial charge in [0.2, 0.25) is 11.6 Å². The molecule has 0 unspecified atom stereocenters. The van der Waals surface area contributed by atoms with Gasteiger partial charge in [-0.15, -0.1) is 0 Å². The average molecular weight is 465 g/mol. The first-order valence-electron chi connectivity index (χ1n) is 14.5. The highest BCUT2D eigenvalue weighted by Gasteiger charge is 2.55. The fraction of sp³-hybridized carbons (Fsp3) is 0.697. The van der Waals surface area contributed by atoms with Crippen LogP contribution in [0.3, 0.4) is 0 Å². The van der Waals surface area contributed by atoms with Gasteiger partial charge in [0, 0.05) is 33.8 Å². The van der Waals surface area contributed by atoms with Gasteiger partial charge in [-0.3, -0.25) is 9.59 Å². The summed E-state index contributed by atoms with van der Waals surface area (Å²) >= 11 is 0. The maximum Gasteiger partial charge on any atom is 0.211 e. The molecule has 35 heavy (non-hydrogen) atoms. The second-order valence-corrected chi connectivity index (χ2v) is 14.2. The molecule has 0 spiro atoms. The number of carbonyl (C=O) groups is 2. The quantitative estimate of drug-likeness (QED) is 0.282. The Kier molecular flexibility index (Phi) is 4.36. The Bertz CT molecular complexity index is 1040. The molecule has 0 aromatic heterocycles. The summed E-state index contributed by atoms with van der Waals surface area (Å²) in [6.45, 7) is 0. The summed E-state index contributed by atoms with van der Waals surface area (Å²) < 4.78 is 0. The van der Waals surface area contributed by atoms with E-state index in [0.717, 1.165) is 91.6 Å². The van der Waals surface area contributed by atoms with Gasteiger partial charge in [-0.05, 0) is 131 Å². The van der Waals surface area contributed by atoms with Crippen LogP contribution in [-0.4, -0.2) is 11.6 Å². The fourth-order valence-corrected chi connectivity index (χ4v) is 11.1. The number of hydrogen-bond acceptors (Lipinski definition) is 2. The molecule has 0 N–H and O–H groups in total. The van der Waals surface area contributed by atoms with Crippen LogP contribution in [-0.2, 0) is 9.59 Å². The molecular weight excluding hydrogens is 428 g/mol. The van der Waals surface area contributed by atoms with Crippen LogP contribution in [0.5, 0.6) is 0 Å². The second kappa shape index (κ2) is 7.25. The first-order valence-corrected chi connectivity index (χ1v) is 14.5. The molecule has 180 valence electrons. The zero-order chi connectivity index (χ0) is 23.4. The number of rotatable bonds is 2. The first kappa shape index (κ1) is 21.1. The highest BCUT2D eigenvalue weighted by atomic mass is 16.1. The lowest BCUT2D eigenvalue weighted by Gasteiger charge is -2.55. The molecule has 0 aromatic rings. The summed E-state index contributed by atoms with van der Waals surface area (Å²) in [6.07, 6.45) is 20.0. The van der Waals surface area contributed by atoms with Crippen molar-refractivity contribution in [2.75, 3.05) is 0 Å². The number of fused-ring (bicyclic) bond motifs is 2.